The Balaban J connectivity index is 1.80. The SMILES string of the molecule is CCCCCCCCC1CCCc2ccccc2C1Br. The Kier molecular flexibility index (Phi) is 7.13. The van der Waals surface area contributed by atoms with Crippen LogP contribution in [0.2, 0.25) is 0 Å². The summed E-state index contributed by atoms with van der Waals surface area (Å²) in [5.41, 5.74) is 3.13. The molecule has 0 amide bonds. The number of hydrogen-bond donors (Lipinski definition) is 0. The molecule has 2 atom stereocenters. The number of halogens is 1. The summed E-state index contributed by atoms with van der Waals surface area (Å²) in [5, 5.41) is 0. The minimum atomic E-state index is 0.580. The first-order valence-corrected chi connectivity index (χ1v) is 9.46. The number of aryl methyl sites for hydroxylation is 1. The molecule has 0 heterocycles. The van der Waals surface area contributed by atoms with Crippen molar-refractivity contribution >= 4 is 15.9 Å². The normalized spacial score (nSPS) is 22.3. The molecule has 0 saturated carbocycles. The fraction of sp³-hybridized carbons (Fsp3) is 0.684. The second-order valence-corrected chi connectivity index (χ2v) is 7.30. The zero-order valence-electron chi connectivity index (χ0n) is 12.9. The molecule has 1 aromatic rings. The molecule has 0 aromatic heterocycles. The maximum Gasteiger partial charge on any atom is 0.0426 e. The minimum absolute atomic E-state index is 0.580. The highest BCUT2D eigenvalue weighted by atomic mass is 79.9. The zero-order chi connectivity index (χ0) is 14.2. The van der Waals surface area contributed by atoms with Crippen LogP contribution in [0.4, 0.5) is 0 Å². The lowest BCUT2D eigenvalue weighted by atomic mass is 9.91. The number of alkyl halides is 1. The van der Waals surface area contributed by atoms with Gasteiger partial charge in [-0.05, 0) is 42.7 Å². The van der Waals surface area contributed by atoms with Gasteiger partial charge in [0.15, 0.2) is 0 Å². The van der Waals surface area contributed by atoms with E-state index in [0.29, 0.717) is 4.83 Å². The Morgan fingerprint density at radius 1 is 1.05 bits per heavy atom. The predicted molar refractivity (Wildman–Crippen MR) is 92.5 cm³/mol. The van der Waals surface area contributed by atoms with Crippen LogP contribution in [0.3, 0.4) is 0 Å². The van der Waals surface area contributed by atoms with Crippen molar-refractivity contribution < 1.29 is 0 Å². The molecule has 0 aliphatic heterocycles. The fourth-order valence-electron chi connectivity index (χ4n) is 3.46. The topological polar surface area (TPSA) is 0 Å². The predicted octanol–water partition coefficient (Wildman–Crippen LogP) is 6.83. The van der Waals surface area contributed by atoms with Gasteiger partial charge in [-0.2, -0.15) is 0 Å². The van der Waals surface area contributed by atoms with Gasteiger partial charge in [-0.15, -0.1) is 0 Å². The first-order valence-electron chi connectivity index (χ1n) is 8.54. The molecule has 0 spiro atoms. The molecular weight excluding hydrogens is 308 g/mol. The molecule has 20 heavy (non-hydrogen) atoms. The van der Waals surface area contributed by atoms with Crippen LogP contribution in [0.1, 0.15) is 80.7 Å². The minimum Gasteiger partial charge on any atom is -0.0836 e. The third-order valence-electron chi connectivity index (χ3n) is 4.72. The molecule has 1 heteroatoms. The Labute approximate surface area is 133 Å². The van der Waals surface area contributed by atoms with E-state index in [-0.39, 0.29) is 0 Å². The summed E-state index contributed by atoms with van der Waals surface area (Å²) in [6.07, 6.45) is 13.9. The van der Waals surface area contributed by atoms with Crippen LogP contribution in [-0.2, 0) is 6.42 Å². The van der Waals surface area contributed by atoms with Crippen LogP contribution < -0.4 is 0 Å². The van der Waals surface area contributed by atoms with Gasteiger partial charge >= 0.3 is 0 Å². The van der Waals surface area contributed by atoms with Crippen molar-refractivity contribution in [2.75, 3.05) is 0 Å². The number of fused-ring (bicyclic) bond motifs is 1. The second kappa shape index (κ2) is 8.87. The molecule has 0 radical (unpaired) electrons. The molecule has 0 N–H and O–H groups in total. The smallest absolute Gasteiger partial charge is 0.0426 e. The Bertz CT molecular complexity index is 385. The second-order valence-electron chi connectivity index (χ2n) is 6.31. The first-order chi connectivity index (χ1) is 9.83. The Morgan fingerprint density at radius 3 is 2.65 bits per heavy atom. The van der Waals surface area contributed by atoms with Crippen molar-refractivity contribution in [3.63, 3.8) is 0 Å². The van der Waals surface area contributed by atoms with Gasteiger partial charge in [-0.3, -0.25) is 0 Å². The molecule has 2 rings (SSSR count). The van der Waals surface area contributed by atoms with E-state index >= 15 is 0 Å². The zero-order valence-corrected chi connectivity index (χ0v) is 14.5. The van der Waals surface area contributed by atoms with Crippen molar-refractivity contribution in [3.8, 4) is 0 Å². The fourth-order valence-corrected chi connectivity index (χ4v) is 4.44. The van der Waals surface area contributed by atoms with E-state index in [1.807, 2.05) is 0 Å². The van der Waals surface area contributed by atoms with E-state index in [0.717, 1.165) is 5.92 Å². The number of benzene rings is 1. The van der Waals surface area contributed by atoms with Gasteiger partial charge in [0.05, 0.1) is 0 Å². The Hall–Kier alpha value is -0.300. The van der Waals surface area contributed by atoms with Crippen LogP contribution in [-0.4, -0.2) is 0 Å². The number of hydrogen-bond acceptors (Lipinski definition) is 0. The molecule has 1 aliphatic carbocycles. The van der Waals surface area contributed by atoms with Crippen LogP contribution >= 0.6 is 15.9 Å². The molecule has 0 nitrogen and oxygen atoms in total. The summed E-state index contributed by atoms with van der Waals surface area (Å²) in [7, 11) is 0. The van der Waals surface area contributed by atoms with Crippen molar-refractivity contribution in [3.05, 3.63) is 35.4 Å². The van der Waals surface area contributed by atoms with E-state index in [2.05, 4.69) is 47.1 Å². The lowest BCUT2D eigenvalue weighted by molar-refractivity contribution is 0.418. The molecule has 0 saturated heterocycles. The number of unbranched alkanes of at least 4 members (excludes halogenated alkanes) is 5. The molecule has 112 valence electrons. The monoisotopic (exact) mass is 336 g/mol. The molecular formula is C19H29Br. The highest BCUT2D eigenvalue weighted by Gasteiger charge is 2.24. The first kappa shape index (κ1) is 16.1. The standard InChI is InChI=1S/C19H29Br/c1-2-3-4-5-6-7-12-17-14-10-13-16-11-8-9-15-18(16)19(17)20/h8-9,11,15,17,19H,2-7,10,12-14H2,1H3. The third-order valence-corrected chi connectivity index (χ3v) is 5.96. The van der Waals surface area contributed by atoms with Gasteiger partial charge in [-0.25, -0.2) is 0 Å². The van der Waals surface area contributed by atoms with Gasteiger partial charge in [0, 0.05) is 4.83 Å². The van der Waals surface area contributed by atoms with Crippen LogP contribution in [0, 0.1) is 5.92 Å². The Morgan fingerprint density at radius 2 is 1.80 bits per heavy atom. The van der Waals surface area contributed by atoms with Gasteiger partial charge in [0.1, 0.15) is 0 Å². The quantitative estimate of drug-likeness (QED) is 0.291. The third kappa shape index (κ3) is 4.62. The summed E-state index contributed by atoms with van der Waals surface area (Å²) >= 11 is 4.00. The summed E-state index contributed by atoms with van der Waals surface area (Å²) < 4.78 is 0. The van der Waals surface area contributed by atoms with E-state index in [9.17, 15) is 0 Å². The van der Waals surface area contributed by atoms with Crippen LogP contribution in [0.25, 0.3) is 0 Å². The highest BCUT2D eigenvalue weighted by Crippen LogP contribution is 2.41. The van der Waals surface area contributed by atoms with Crippen molar-refractivity contribution in [1.29, 1.82) is 0 Å². The number of rotatable bonds is 7. The van der Waals surface area contributed by atoms with E-state index in [1.165, 1.54) is 64.2 Å². The summed E-state index contributed by atoms with van der Waals surface area (Å²) in [6, 6.07) is 9.03. The van der Waals surface area contributed by atoms with Crippen LogP contribution in [0.15, 0.2) is 24.3 Å². The molecule has 0 bridgehead atoms. The van der Waals surface area contributed by atoms with Crippen LogP contribution in [0.5, 0.6) is 0 Å². The lowest BCUT2D eigenvalue weighted by Gasteiger charge is -2.21. The molecule has 1 aromatic carbocycles. The maximum absolute atomic E-state index is 4.00. The highest BCUT2D eigenvalue weighted by molar-refractivity contribution is 9.09. The average molecular weight is 337 g/mol. The largest absolute Gasteiger partial charge is 0.0836 e. The van der Waals surface area contributed by atoms with Crippen molar-refractivity contribution in [2.24, 2.45) is 5.92 Å². The average Bonchev–Trinajstić information content (AvgIpc) is 2.63. The summed E-state index contributed by atoms with van der Waals surface area (Å²) in [4.78, 5) is 0.580. The van der Waals surface area contributed by atoms with E-state index in [4.69, 9.17) is 0 Å². The molecule has 1 aliphatic rings. The van der Waals surface area contributed by atoms with E-state index in [1.54, 1.807) is 11.1 Å². The van der Waals surface area contributed by atoms with Gasteiger partial charge in [-0.1, -0.05) is 85.6 Å². The van der Waals surface area contributed by atoms with Gasteiger partial charge < -0.3 is 0 Å². The maximum atomic E-state index is 4.00. The summed E-state index contributed by atoms with van der Waals surface area (Å²) in [5.74, 6) is 0.838. The summed E-state index contributed by atoms with van der Waals surface area (Å²) in [6.45, 7) is 2.29. The van der Waals surface area contributed by atoms with Gasteiger partial charge in [0.2, 0.25) is 0 Å². The molecule has 0 fully saturated rings. The van der Waals surface area contributed by atoms with Gasteiger partial charge in [0.25, 0.3) is 0 Å². The van der Waals surface area contributed by atoms with E-state index < -0.39 is 0 Å². The lowest BCUT2D eigenvalue weighted by Crippen LogP contribution is -2.07. The van der Waals surface area contributed by atoms with Crippen molar-refractivity contribution in [2.45, 2.75) is 76.0 Å². The molecule has 2 unspecified atom stereocenters. The van der Waals surface area contributed by atoms with Crippen molar-refractivity contribution in [1.82, 2.24) is 0 Å².